The molecule has 110 valence electrons. The van der Waals surface area contributed by atoms with Crippen LogP contribution in [0.5, 0.6) is 0 Å². The predicted molar refractivity (Wildman–Crippen MR) is 91.2 cm³/mol. The Bertz CT molecular complexity index is 831. The van der Waals surface area contributed by atoms with E-state index in [2.05, 4.69) is 20.2 Å². The minimum absolute atomic E-state index is 0.673. The Morgan fingerprint density at radius 2 is 1.59 bits per heavy atom. The molecule has 3 rings (SSSR count). The van der Waals surface area contributed by atoms with Crippen molar-refractivity contribution in [1.82, 2.24) is 20.2 Å². The van der Waals surface area contributed by atoms with Crippen molar-refractivity contribution in [3.05, 3.63) is 52.8 Å². The van der Waals surface area contributed by atoms with Gasteiger partial charge >= 0.3 is 142 Å². The van der Waals surface area contributed by atoms with Crippen LogP contribution in [0.4, 0.5) is 0 Å². The number of benzene rings is 1. The van der Waals surface area contributed by atoms with Crippen LogP contribution in [0.1, 0.15) is 11.4 Å². The van der Waals surface area contributed by atoms with Gasteiger partial charge in [-0.05, 0) is 0 Å². The van der Waals surface area contributed by atoms with Crippen LogP contribution in [0.25, 0.3) is 22.5 Å². The van der Waals surface area contributed by atoms with Crippen LogP contribution in [0.2, 0.25) is 5.02 Å². The molecule has 4 nitrogen and oxygen atoms in total. The van der Waals surface area contributed by atoms with E-state index in [9.17, 15) is 0 Å². The number of hydrogen-bond acceptors (Lipinski definition) is 4. The summed E-state index contributed by atoms with van der Waals surface area (Å²) in [6.07, 6.45) is 0. The van der Waals surface area contributed by atoms with E-state index in [1.54, 1.807) is 0 Å². The molecule has 22 heavy (non-hydrogen) atoms. The molecule has 0 fully saturated rings. The van der Waals surface area contributed by atoms with Gasteiger partial charge in [-0.25, -0.2) is 0 Å². The van der Waals surface area contributed by atoms with Gasteiger partial charge in [0.05, 0.1) is 0 Å². The van der Waals surface area contributed by atoms with E-state index in [0.717, 1.165) is 33.9 Å². The zero-order valence-corrected chi connectivity index (χ0v) is 15.4. The molecule has 0 amide bonds. The summed E-state index contributed by atoms with van der Waals surface area (Å²) in [5.74, 6) is 0. The molecule has 0 saturated carbocycles. The Balaban J connectivity index is 2.24. The average molecular weight is 373 g/mol. The second-order valence-electron chi connectivity index (χ2n) is 5.02. The number of rotatable bonds is 2. The Labute approximate surface area is 142 Å². The van der Waals surface area contributed by atoms with Gasteiger partial charge in [-0.1, -0.05) is 0 Å². The summed E-state index contributed by atoms with van der Waals surface area (Å²) in [6.45, 7) is 3.93. The first-order valence-corrected chi connectivity index (χ1v) is 8.33. The molecule has 0 radical (unpaired) electrons. The number of aromatic nitrogens is 4. The van der Waals surface area contributed by atoms with Crippen molar-refractivity contribution in [1.29, 1.82) is 0 Å². The van der Waals surface area contributed by atoms with Crippen molar-refractivity contribution in [2.75, 3.05) is 0 Å². The summed E-state index contributed by atoms with van der Waals surface area (Å²) in [7, 11) is 0. The molecular weight excluding hydrogens is 359 g/mol. The molecule has 2 aromatic heterocycles. The van der Waals surface area contributed by atoms with Crippen LogP contribution < -0.4 is 4.61 Å². The fourth-order valence-electron chi connectivity index (χ4n) is 2.34. The van der Waals surface area contributed by atoms with Gasteiger partial charge in [0.2, 0.25) is 0 Å². The van der Waals surface area contributed by atoms with Gasteiger partial charge in [0, 0.05) is 0 Å². The van der Waals surface area contributed by atoms with Gasteiger partial charge in [0.1, 0.15) is 0 Å². The number of halogens is 1. The minimum atomic E-state index is 0.673. The Kier molecular flexibility index (Phi) is 4.23. The topological polar surface area (TPSA) is 51.6 Å². The molecule has 3 aromatic rings. The molecule has 1 unspecified atom stereocenters. The predicted octanol–water partition coefficient (Wildman–Crippen LogP) is 2.13. The molecule has 0 aliphatic carbocycles. The molecule has 0 aliphatic rings. The first-order chi connectivity index (χ1) is 10.5. The van der Waals surface area contributed by atoms with Crippen molar-refractivity contribution >= 4 is 33.1 Å². The van der Waals surface area contributed by atoms with Gasteiger partial charge < -0.3 is 0 Å². The third-order valence-electron chi connectivity index (χ3n) is 3.16. The normalized spacial score (nSPS) is 10.7. The number of hydrogen-bond donors (Lipinski definition) is 0. The quantitative estimate of drug-likeness (QED) is 0.647. The SMILES string of the molecule is Cc1cc(-c2nnc([AsH2])nc2-c2cccc(Cl)c2)cc(C)n1. The summed E-state index contributed by atoms with van der Waals surface area (Å²) in [5.41, 5.74) is 5.33. The monoisotopic (exact) mass is 372 g/mol. The first-order valence-electron chi connectivity index (χ1n) is 6.75. The third kappa shape index (κ3) is 3.18. The summed E-state index contributed by atoms with van der Waals surface area (Å²) in [5, 5.41) is 9.18. The standard InChI is InChI=1S/C16H14AsClN4/c1-9-6-12(7-10(2)19-9)15-14(20-16(17)22-21-15)11-4-3-5-13(18)8-11/h3-8H,17H2,1-2H3. The molecule has 0 bridgehead atoms. The van der Waals surface area contributed by atoms with Crippen LogP contribution >= 0.6 is 11.6 Å². The van der Waals surface area contributed by atoms with Gasteiger partial charge in [-0.3, -0.25) is 0 Å². The maximum atomic E-state index is 6.11. The molecule has 1 aromatic carbocycles. The van der Waals surface area contributed by atoms with Crippen LogP contribution in [-0.4, -0.2) is 37.0 Å². The molecule has 0 saturated heterocycles. The average Bonchev–Trinajstić information content (AvgIpc) is 2.46. The molecule has 0 aliphatic heterocycles. The van der Waals surface area contributed by atoms with Crippen LogP contribution in [0.15, 0.2) is 36.4 Å². The van der Waals surface area contributed by atoms with Gasteiger partial charge in [0.15, 0.2) is 0 Å². The Morgan fingerprint density at radius 1 is 0.864 bits per heavy atom. The summed E-state index contributed by atoms with van der Waals surface area (Å²) < 4.78 is 0.689. The summed E-state index contributed by atoms with van der Waals surface area (Å²) >= 11 is 7.46. The fraction of sp³-hybridized carbons (Fsp3) is 0.125. The van der Waals surface area contributed by atoms with Gasteiger partial charge in [0.25, 0.3) is 0 Å². The van der Waals surface area contributed by atoms with E-state index >= 15 is 0 Å². The van der Waals surface area contributed by atoms with Crippen molar-refractivity contribution in [2.45, 2.75) is 13.8 Å². The fourth-order valence-corrected chi connectivity index (χ4v) is 2.92. The first kappa shape index (κ1) is 15.1. The van der Waals surface area contributed by atoms with E-state index in [-0.39, 0.29) is 0 Å². The molecule has 0 spiro atoms. The van der Waals surface area contributed by atoms with Crippen LogP contribution in [-0.2, 0) is 0 Å². The van der Waals surface area contributed by atoms with Crippen molar-refractivity contribution in [3.63, 3.8) is 0 Å². The van der Waals surface area contributed by atoms with E-state index < -0.39 is 0 Å². The van der Waals surface area contributed by atoms with Gasteiger partial charge in [-0.15, -0.1) is 0 Å². The van der Waals surface area contributed by atoms with Gasteiger partial charge in [-0.2, -0.15) is 0 Å². The molecule has 1 atom stereocenters. The zero-order valence-electron chi connectivity index (χ0n) is 12.2. The van der Waals surface area contributed by atoms with Crippen LogP contribution in [0, 0.1) is 13.8 Å². The number of pyridine rings is 1. The third-order valence-corrected chi connectivity index (χ3v) is 3.90. The second-order valence-corrected chi connectivity index (χ2v) is 6.54. The van der Waals surface area contributed by atoms with E-state index in [1.165, 1.54) is 16.9 Å². The maximum absolute atomic E-state index is 6.11. The Morgan fingerprint density at radius 3 is 2.27 bits per heavy atom. The zero-order chi connectivity index (χ0) is 15.7. The van der Waals surface area contributed by atoms with E-state index in [4.69, 9.17) is 11.6 Å². The van der Waals surface area contributed by atoms with Crippen molar-refractivity contribution in [3.8, 4) is 22.5 Å². The van der Waals surface area contributed by atoms with Crippen LogP contribution in [0.3, 0.4) is 0 Å². The number of nitrogens with zero attached hydrogens (tertiary/aromatic N) is 4. The van der Waals surface area contributed by atoms with Crippen molar-refractivity contribution < 1.29 is 0 Å². The Hall–Kier alpha value is -1.77. The van der Waals surface area contributed by atoms with E-state index in [1.807, 2.05) is 50.2 Å². The summed E-state index contributed by atoms with van der Waals surface area (Å²) in [4.78, 5) is 9.00. The molecular formula is C16H14AsClN4. The second kappa shape index (κ2) is 6.15. The number of aryl methyl sites for hydroxylation is 2. The van der Waals surface area contributed by atoms with Crippen molar-refractivity contribution in [2.24, 2.45) is 0 Å². The summed E-state index contributed by atoms with van der Waals surface area (Å²) in [6, 6.07) is 11.6. The molecule has 0 N–H and O–H groups in total. The molecule has 2 heterocycles. The van der Waals surface area contributed by atoms with E-state index in [0.29, 0.717) is 9.63 Å². The molecule has 6 heteroatoms.